The van der Waals surface area contributed by atoms with Gasteiger partial charge in [-0.1, -0.05) is 53.0 Å². The number of anilines is 3. The number of nitrogens with zero attached hydrogens (tertiary/aromatic N) is 2. The fourth-order valence-electron chi connectivity index (χ4n) is 2.10. The van der Waals surface area contributed by atoms with E-state index in [1.165, 1.54) is 5.56 Å². The van der Waals surface area contributed by atoms with Crippen LogP contribution in [0.5, 0.6) is 0 Å². The van der Waals surface area contributed by atoms with E-state index in [2.05, 4.69) is 20.5 Å². The number of hydrogen-bond acceptors (Lipinski definition) is 4. The van der Waals surface area contributed by atoms with E-state index in [1.807, 2.05) is 31.2 Å². The van der Waals surface area contributed by atoms with Crippen molar-refractivity contribution in [3.8, 4) is 11.1 Å². The quantitative estimate of drug-likeness (QED) is 0.663. The van der Waals surface area contributed by atoms with E-state index < -0.39 is 0 Å². The summed E-state index contributed by atoms with van der Waals surface area (Å²) in [7, 11) is 0. The van der Waals surface area contributed by atoms with Crippen molar-refractivity contribution < 1.29 is 0 Å². The van der Waals surface area contributed by atoms with Crippen LogP contribution in [0, 0.1) is 6.92 Å². The highest BCUT2D eigenvalue weighted by Crippen LogP contribution is 2.37. The zero-order valence-corrected chi connectivity index (χ0v) is 13.2. The Labute approximate surface area is 137 Å². The molecule has 2 aromatic carbocycles. The predicted octanol–water partition coefficient (Wildman–Crippen LogP) is 4.41. The minimum Gasteiger partial charge on any atom is -0.368 e. The first kappa shape index (κ1) is 14.7. The highest BCUT2D eigenvalue weighted by atomic mass is 35.5. The summed E-state index contributed by atoms with van der Waals surface area (Å²) in [6, 6.07) is 11.6. The van der Waals surface area contributed by atoms with Gasteiger partial charge in [-0.3, -0.25) is 0 Å². The van der Waals surface area contributed by atoms with E-state index in [4.69, 9.17) is 28.9 Å². The van der Waals surface area contributed by atoms with E-state index in [9.17, 15) is 0 Å². The van der Waals surface area contributed by atoms with Gasteiger partial charge in [-0.2, -0.15) is 4.98 Å². The number of nitrogen functional groups attached to an aromatic ring is 1. The minimum atomic E-state index is 0.232. The van der Waals surface area contributed by atoms with Crippen LogP contribution in [0.1, 0.15) is 5.56 Å². The van der Waals surface area contributed by atoms with Gasteiger partial charge in [0.25, 0.3) is 0 Å². The van der Waals surface area contributed by atoms with Gasteiger partial charge in [0, 0.05) is 11.3 Å². The van der Waals surface area contributed by atoms with Gasteiger partial charge >= 0.3 is 0 Å². The zero-order valence-electron chi connectivity index (χ0n) is 11.7. The molecule has 0 atom stereocenters. The third-order valence-electron chi connectivity index (χ3n) is 3.14. The summed E-state index contributed by atoms with van der Waals surface area (Å²) in [5.41, 5.74) is 9.11. The summed E-state index contributed by atoms with van der Waals surface area (Å²) in [6.07, 6.45) is 0. The van der Waals surface area contributed by atoms with E-state index in [0.717, 1.165) is 11.1 Å². The average molecular weight is 334 g/mol. The molecule has 7 heteroatoms. The highest BCUT2D eigenvalue weighted by molar-refractivity contribution is 6.39. The molecule has 3 aromatic rings. The molecule has 0 unspecified atom stereocenters. The molecule has 0 amide bonds. The van der Waals surface area contributed by atoms with Crippen molar-refractivity contribution in [2.24, 2.45) is 0 Å². The molecule has 0 aliphatic carbocycles. The van der Waals surface area contributed by atoms with Gasteiger partial charge in [0.05, 0.1) is 10.0 Å². The molecule has 0 spiro atoms. The van der Waals surface area contributed by atoms with E-state index in [-0.39, 0.29) is 5.95 Å². The summed E-state index contributed by atoms with van der Waals surface area (Å²) in [5.74, 6) is 0.587. The van der Waals surface area contributed by atoms with E-state index in [1.54, 1.807) is 12.1 Å². The maximum atomic E-state index is 6.38. The summed E-state index contributed by atoms with van der Waals surface area (Å²) in [6.45, 7) is 2.03. The lowest BCUT2D eigenvalue weighted by Crippen LogP contribution is -1.94. The van der Waals surface area contributed by atoms with Gasteiger partial charge in [0.15, 0.2) is 0 Å². The van der Waals surface area contributed by atoms with Crippen LogP contribution in [0.25, 0.3) is 11.1 Å². The van der Waals surface area contributed by atoms with Crippen LogP contribution < -0.4 is 11.1 Å². The molecule has 0 radical (unpaired) electrons. The van der Waals surface area contributed by atoms with E-state index >= 15 is 0 Å². The molecule has 4 N–H and O–H groups in total. The van der Waals surface area contributed by atoms with Crippen molar-refractivity contribution in [2.75, 3.05) is 11.1 Å². The van der Waals surface area contributed by atoms with Crippen LogP contribution in [0.2, 0.25) is 10.0 Å². The number of aromatic amines is 1. The third kappa shape index (κ3) is 3.00. The molecule has 5 nitrogen and oxygen atoms in total. The molecular weight excluding hydrogens is 321 g/mol. The molecule has 0 saturated heterocycles. The number of halogens is 2. The van der Waals surface area contributed by atoms with Crippen LogP contribution in [-0.2, 0) is 0 Å². The molecule has 112 valence electrons. The van der Waals surface area contributed by atoms with Crippen molar-refractivity contribution in [1.82, 2.24) is 15.2 Å². The lowest BCUT2D eigenvalue weighted by molar-refractivity contribution is 1.10. The lowest BCUT2D eigenvalue weighted by atomic mass is 10.0. The van der Waals surface area contributed by atoms with Crippen LogP contribution >= 0.6 is 23.2 Å². The average Bonchev–Trinajstić information content (AvgIpc) is 2.85. The first-order valence-electron chi connectivity index (χ1n) is 6.54. The lowest BCUT2D eigenvalue weighted by Gasteiger charge is -2.11. The first-order valence-corrected chi connectivity index (χ1v) is 7.29. The van der Waals surface area contributed by atoms with Crippen molar-refractivity contribution in [2.45, 2.75) is 6.92 Å². The Hall–Kier alpha value is -2.24. The fraction of sp³-hybridized carbons (Fsp3) is 0.0667. The molecule has 22 heavy (non-hydrogen) atoms. The standard InChI is InChI=1S/C15H13Cl2N5/c1-8-2-4-9(5-3-8)13-11(16)6-10(7-12(13)17)19-15-20-14(18)21-22-15/h2-7H,1H3,(H4,18,19,20,21,22). The minimum absolute atomic E-state index is 0.232. The maximum absolute atomic E-state index is 6.38. The summed E-state index contributed by atoms with van der Waals surface area (Å²) >= 11 is 12.8. The van der Waals surface area contributed by atoms with Crippen LogP contribution in [-0.4, -0.2) is 15.2 Å². The molecular formula is C15H13Cl2N5. The second-order valence-electron chi connectivity index (χ2n) is 4.85. The Morgan fingerprint density at radius 3 is 2.27 bits per heavy atom. The Morgan fingerprint density at radius 1 is 1.09 bits per heavy atom. The normalized spacial score (nSPS) is 10.7. The number of H-pyrrole nitrogens is 1. The smallest absolute Gasteiger partial charge is 0.248 e. The Morgan fingerprint density at radius 2 is 1.73 bits per heavy atom. The van der Waals surface area contributed by atoms with Gasteiger partial charge in [-0.15, -0.1) is 5.10 Å². The number of benzene rings is 2. The van der Waals surface area contributed by atoms with Crippen LogP contribution in [0.4, 0.5) is 17.6 Å². The summed E-state index contributed by atoms with van der Waals surface area (Å²) < 4.78 is 0. The second-order valence-corrected chi connectivity index (χ2v) is 5.66. The van der Waals surface area contributed by atoms with Gasteiger partial charge in [-0.05, 0) is 24.6 Å². The van der Waals surface area contributed by atoms with Gasteiger partial charge < -0.3 is 11.1 Å². The summed E-state index contributed by atoms with van der Waals surface area (Å²) in [5, 5.41) is 10.5. The monoisotopic (exact) mass is 333 g/mol. The van der Waals surface area contributed by atoms with Crippen molar-refractivity contribution in [3.63, 3.8) is 0 Å². The number of rotatable bonds is 3. The molecule has 3 rings (SSSR count). The molecule has 0 aliphatic rings. The Kier molecular flexibility index (Phi) is 3.92. The van der Waals surface area contributed by atoms with Crippen molar-refractivity contribution in [3.05, 3.63) is 52.0 Å². The van der Waals surface area contributed by atoms with Crippen LogP contribution in [0.3, 0.4) is 0 Å². The van der Waals surface area contributed by atoms with Gasteiger partial charge in [0.1, 0.15) is 0 Å². The van der Waals surface area contributed by atoms with Gasteiger partial charge in [-0.25, -0.2) is 5.10 Å². The molecule has 0 bridgehead atoms. The zero-order chi connectivity index (χ0) is 15.7. The number of nitrogens with two attached hydrogens (primary N) is 1. The van der Waals surface area contributed by atoms with Crippen molar-refractivity contribution >= 4 is 40.8 Å². The Balaban J connectivity index is 1.95. The molecule has 0 saturated carbocycles. The van der Waals surface area contributed by atoms with Crippen molar-refractivity contribution in [1.29, 1.82) is 0 Å². The predicted molar refractivity (Wildman–Crippen MR) is 90.7 cm³/mol. The molecule has 1 aromatic heterocycles. The largest absolute Gasteiger partial charge is 0.368 e. The third-order valence-corrected chi connectivity index (χ3v) is 3.74. The molecule has 0 fully saturated rings. The molecule has 1 heterocycles. The first-order chi connectivity index (χ1) is 10.5. The van der Waals surface area contributed by atoms with E-state index in [0.29, 0.717) is 21.7 Å². The summed E-state index contributed by atoms with van der Waals surface area (Å²) in [4.78, 5) is 3.97. The fourth-order valence-corrected chi connectivity index (χ4v) is 2.81. The highest BCUT2D eigenvalue weighted by Gasteiger charge is 2.11. The second kappa shape index (κ2) is 5.87. The Bertz CT molecular complexity index is 788. The number of nitrogens with one attached hydrogen (secondary N) is 2. The molecule has 0 aliphatic heterocycles. The number of hydrogen-bond donors (Lipinski definition) is 3. The van der Waals surface area contributed by atoms with Crippen LogP contribution in [0.15, 0.2) is 36.4 Å². The number of aryl methyl sites for hydroxylation is 1. The SMILES string of the molecule is Cc1ccc(-c2c(Cl)cc(Nc3n[nH]c(N)n3)cc2Cl)cc1. The maximum Gasteiger partial charge on any atom is 0.248 e. The number of aromatic nitrogens is 3. The topological polar surface area (TPSA) is 79.6 Å². The van der Waals surface area contributed by atoms with Gasteiger partial charge in [0.2, 0.25) is 11.9 Å².